The molecule has 0 spiro atoms. The van der Waals surface area contributed by atoms with Gasteiger partial charge in [0.25, 0.3) is 0 Å². The molecule has 0 bridgehead atoms. The van der Waals surface area contributed by atoms with Gasteiger partial charge >= 0.3 is 0 Å². The summed E-state index contributed by atoms with van der Waals surface area (Å²) < 4.78 is 5.77. The molecule has 2 rings (SSSR count). The maximum atomic E-state index is 12.3. The third kappa shape index (κ3) is 5.82. The molecule has 0 atom stereocenters. The molecule has 0 N–H and O–H groups in total. The summed E-state index contributed by atoms with van der Waals surface area (Å²) in [7, 11) is 2.12. The van der Waals surface area contributed by atoms with Crippen LogP contribution in [0.25, 0.3) is 0 Å². The van der Waals surface area contributed by atoms with Crippen molar-refractivity contribution in [2.24, 2.45) is 0 Å². The number of hydrogen-bond donors (Lipinski definition) is 0. The van der Waals surface area contributed by atoms with Crippen LogP contribution in [-0.4, -0.2) is 55.5 Å². The lowest BCUT2D eigenvalue weighted by Gasteiger charge is -2.20. The number of carbonyl (C=O) groups excluding carboxylic acids is 1. The van der Waals surface area contributed by atoms with E-state index < -0.39 is 0 Å². The molecule has 1 saturated heterocycles. The molecule has 1 aliphatic heterocycles. The van der Waals surface area contributed by atoms with Crippen LogP contribution in [0, 0.1) is 0 Å². The van der Waals surface area contributed by atoms with Crippen LogP contribution >= 0.6 is 0 Å². The lowest BCUT2D eigenvalue weighted by atomic mass is 9.87. The highest BCUT2D eigenvalue weighted by atomic mass is 16.5. The number of benzene rings is 1. The Morgan fingerprint density at radius 2 is 1.79 bits per heavy atom. The van der Waals surface area contributed by atoms with E-state index in [0.29, 0.717) is 13.0 Å². The van der Waals surface area contributed by atoms with E-state index in [4.69, 9.17) is 4.74 Å². The predicted molar refractivity (Wildman–Crippen MR) is 98.6 cm³/mol. The van der Waals surface area contributed by atoms with Gasteiger partial charge in [0.2, 0.25) is 5.91 Å². The first-order valence-corrected chi connectivity index (χ1v) is 9.06. The molecule has 1 heterocycles. The monoisotopic (exact) mass is 332 g/mol. The topological polar surface area (TPSA) is 32.8 Å². The van der Waals surface area contributed by atoms with Crippen molar-refractivity contribution in [3.63, 3.8) is 0 Å². The van der Waals surface area contributed by atoms with Crippen LogP contribution in [0.1, 0.15) is 45.6 Å². The molecule has 1 fully saturated rings. The van der Waals surface area contributed by atoms with E-state index in [9.17, 15) is 4.79 Å². The Kier molecular flexibility index (Phi) is 6.67. The van der Waals surface area contributed by atoms with E-state index in [2.05, 4.69) is 44.9 Å². The van der Waals surface area contributed by atoms with Gasteiger partial charge in [-0.2, -0.15) is 0 Å². The summed E-state index contributed by atoms with van der Waals surface area (Å²) in [4.78, 5) is 16.6. The van der Waals surface area contributed by atoms with Crippen LogP contribution in [0.15, 0.2) is 24.3 Å². The minimum Gasteiger partial charge on any atom is -0.494 e. The van der Waals surface area contributed by atoms with Gasteiger partial charge in [0.1, 0.15) is 5.75 Å². The van der Waals surface area contributed by atoms with E-state index >= 15 is 0 Å². The molecule has 0 radical (unpaired) electrons. The third-order valence-corrected chi connectivity index (χ3v) is 4.60. The first-order chi connectivity index (χ1) is 11.4. The SMILES string of the molecule is CN1CCCN(C(=O)CCCOc2ccc(C(C)(C)C)cc2)CC1. The van der Waals surface area contributed by atoms with Crippen molar-refractivity contribution < 1.29 is 9.53 Å². The van der Waals surface area contributed by atoms with Crippen molar-refractivity contribution in [1.29, 1.82) is 0 Å². The van der Waals surface area contributed by atoms with Gasteiger partial charge in [-0.05, 0) is 49.5 Å². The second-order valence-electron chi connectivity index (χ2n) is 7.76. The molecule has 24 heavy (non-hydrogen) atoms. The molecule has 134 valence electrons. The van der Waals surface area contributed by atoms with Crippen molar-refractivity contribution >= 4 is 5.91 Å². The van der Waals surface area contributed by atoms with Crippen molar-refractivity contribution in [3.05, 3.63) is 29.8 Å². The van der Waals surface area contributed by atoms with E-state index in [1.165, 1.54) is 5.56 Å². The lowest BCUT2D eigenvalue weighted by Crippen LogP contribution is -2.34. The molecule has 4 heteroatoms. The number of nitrogens with zero attached hydrogens (tertiary/aromatic N) is 2. The number of rotatable bonds is 5. The highest BCUT2D eigenvalue weighted by molar-refractivity contribution is 5.76. The molecule has 4 nitrogen and oxygen atoms in total. The molecule has 0 aromatic heterocycles. The Morgan fingerprint density at radius 3 is 2.46 bits per heavy atom. The van der Waals surface area contributed by atoms with Gasteiger partial charge in [-0.3, -0.25) is 4.79 Å². The number of likely N-dealkylation sites (N-methyl/N-ethyl adjacent to an activating group) is 1. The van der Waals surface area contributed by atoms with Crippen molar-refractivity contribution in [2.75, 3.05) is 39.8 Å². The maximum absolute atomic E-state index is 12.3. The number of hydrogen-bond acceptors (Lipinski definition) is 3. The minimum atomic E-state index is 0.159. The molecule has 1 aliphatic rings. The van der Waals surface area contributed by atoms with Crippen LogP contribution in [0.5, 0.6) is 5.75 Å². The fraction of sp³-hybridized carbons (Fsp3) is 0.650. The second kappa shape index (κ2) is 8.52. The highest BCUT2D eigenvalue weighted by Crippen LogP contribution is 2.24. The standard InChI is InChI=1S/C20H32N2O2/c1-20(2,3)17-8-10-18(11-9-17)24-16-5-7-19(23)22-13-6-12-21(4)14-15-22/h8-11H,5-7,12-16H2,1-4H3. The molecule has 1 aromatic carbocycles. The number of ether oxygens (including phenoxy) is 1. The molecule has 0 saturated carbocycles. The summed E-state index contributed by atoms with van der Waals surface area (Å²) in [6.07, 6.45) is 2.41. The van der Waals surface area contributed by atoms with E-state index in [0.717, 1.165) is 44.8 Å². The fourth-order valence-corrected chi connectivity index (χ4v) is 2.92. The molecule has 1 aromatic rings. The summed E-state index contributed by atoms with van der Waals surface area (Å²) in [6.45, 7) is 11.0. The van der Waals surface area contributed by atoms with Crippen LogP contribution < -0.4 is 4.74 Å². The zero-order valence-corrected chi connectivity index (χ0v) is 15.7. The van der Waals surface area contributed by atoms with Gasteiger partial charge in [-0.1, -0.05) is 32.9 Å². The predicted octanol–water partition coefficient (Wildman–Crippen LogP) is 3.31. The summed E-state index contributed by atoms with van der Waals surface area (Å²) >= 11 is 0. The van der Waals surface area contributed by atoms with Crippen LogP contribution in [-0.2, 0) is 10.2 Å². The molecule has 0 aliphatic carbocycles. The Bertz CT molecular complexity index is 519. The Balaban J connectivity index is 1.69. The third-order valence-electron chi connectivity index (χ3n) is 4.60. The van der Waals surface area contributed by atoms with E-state index in [1.807, 2.05) is 17.0 Å². The second-order valence-corrected chi connectivity index (χ2v) is 7.76. The van der Waals surface area contributed by atoms with E-state index in [1.54, 1.807) is 0 Å². The zero-order valence-electron chi connectivity index (χ0n) is 15.7. The maximum Gasteiger partial charge on any atom is 0.222 e. The molecular weight excluding hydrogens is 300 g/mol. The van der Waals surface area contributed by atoms with Crippen LogP contribution in [0.4, 0.5) is 0 Å². The summed E-state index contributed by atoms with van der Waals surface area (Å²) in [5.74, 6) is 1.14. The minimum absolute atomic E-state index is 0.159. The van der Waals surface area contributed by atoms with Gasteiger partial charge in [0, 0.05) is 26.1 Å². The van der Waals surface area contributed by atoms with Gasteiger partial charge < -0.3 is 14.5 Å². The Morgan fingerprint density at radius 1 is 1.08 bits per heavy atom. The van der Waals surface area contributed by atoms with Crippen molar-refractivity contribution in [2.45, 2.75) is 45.4 Å². The summed E-state index contributed by atoms with van der Waals surface area (Å²) in [6, 6.07) is 8.28. The molecule has 1 amide bonds. The summed E-state index contributed by atoms with van der Waals surface area (Å²) in [5.41, 5.74) is 1.46. The average Bonchev–Trinajstić information content (AvgIpc) is 2.76. The normalized spacial score (nSPS) is 16.8. The quantitative estimate of drug-likeness (QED) is 0.776. The molecular formula is C20H32N2O2. The van der Waals surface area contributed by atoms with Gasteiger partial charge in [-0.25, -0.2) is 0 Å². The van der Waals surface area contributed by atoms with E-state index in [-0.39, 0.29) is 11.3 Å². The van der Waals surface area contributed by atoms with Crippen molar-refractivity contribution in [1.82, 2.24) is 9.80 Å². The first kappa shape index (κ1) is 18.8. The zero-order chi connectivity index (χ0) is 17.6. The number of carbonyl (C=O) groups is 1. The van der Waals surface area contributed by atoms with Crippen molar-refractivity contribution in [3.8, 4) is 5.75 Å². The fourth-order valence-electron chi connectivity index (χ4n) is 2.92. The van der Waals surface area contributed by atoms with Gasteiger partial charge in [0.15, 0.2) is 0 Å². The molecule has 0 unspecified atom stereocenters. The number of amides is 1. The van der Waals surface area contributed by atoms with Crippen LogP contribution in [0.3, 0.4) is 0 Å². The smallest absolute Gasteiger partial charge is 0.222 e. The largest absolute Gasteiger partial charge is 0.494 e. The van der Waals surface area contributed by atoms with Gasteiger partial charge in [0.05, 0.1) is 6.61 Å². The van der Waals surface area contributed by atoms with Gasteiger partial charge in [-0.15, -0.1) is 0 Å². The lowest BCUT2D eigenvalue weighted by molar-refractivity contribution is -0.131. The first-order valence-electron chi connectivity index (χ1n) is 9.06. The average molecular weight is 332 g/mol. The Labute approximate surface area is 146 Å². The summed E-state index contributed by atoms with van der Waals surface area (Å²) in [5, 5.41) is 0. The van der Waals surface area contributed by atoms with Crippen LogP contribution in [0.2, 0.25) is 0 Å². The highest BCUT2D eigenvalue weighted by Gasteiger charge is 2.17. The Hall–Kier alpha value is -1.55.